The van der Waals surface area contributed by atoms with E-state index in [4.69, 9.17) is 0 Å². The Morgan fingerprint density at radius 3 is 2.79 bits per heavy atom. The largest absolute Gasteiger partial charge is 0.0620 e. The normalized spacial score (nSPS) is 15.7. The minimum absolute atomic E-state index is 1.11. The van der Waals surface area contributed by atoms with E-state index in [2.05, 4.69) is 18.2 Å². The van der Waals surface area contributed by atoms with Crippen LogP contribution in [0.2, 0.25) is 0 Å². The molecule has 0 heteroatoms. The predicted molar refractivity (Wildman–Crippen MR) is 60.2 cm³/mol. The Morgan fingerprint density at radius 2 is 2.07 bits per heavy atom. The van der Waals surface area contributed by atoms with Crippen LogP contribution in [0.15, 0.2) is 24.3 Å². The summed E-state index contributed by atoms with van der Waals surface area (Å²) in [4.78, 5) is 0. The maximum Gasteiger partial charge on any atom is -0.0149 e. The van der Waals surface area contributed by atoms with E-state index in [1.165, 1.54) is 50.5 Å². The van der Waals surface area contributed by atoms with Gasteiger partial charge in [0.2, 0.25) is 0 Å². The number of aryl methyl sites for hydroxylation is 1. The van der Waals surface area contributed by atoms with Gasteiger partial charge in [-0.25, -0.2) is 0 Å². The highest BCUT2D eigenvalue weighted by Gasteiger charge is 2.19. The van der Waals surface area contributed by atoms with Crippen molar-refractivity contribution < 1.29 is 0 Å². The molecule has 1 aliphatic carbocycles. The van der Waals surface area contributed by atoms with Gasteiger partial charge in [0.1, 0.15) is 0 Å². The fraction of sp³-hybridized carbons (Fsp3) is 0.571. The van der Waals surface area contributed by atoms with Gasteiger partial charge in [-0.2, -0.15) is 0 Å². The first-order valence-corrected chi connectivity index (χ1v) is 5.91. The van der Waals surface area contributed by atoms with Crippen LogP contribution in [-0.2, 0) is 6.42 Å². The van der Waals surface area contributed by atoms with Gasteiger partial charge in [0.25, 0.3) is 0 Å². The van der Waals surface area contributed by atoms with Gasteiger partial charge >= 0.3 is 0 Å². The van der Waals surface area contributed by atoms with Crippen LogP contribution in [0.4, 0.5) is 0 Å². The van der Waals surface area contributed by atoms with Crippen LogP contribution < -0.4 is 0 Å². The molecule has 2 rings (SSSR count). The summed E-state index contributed by atoms with van der Waals surface area (Å²) in [6.45, 7) is 0. The smallest absolute Gasteiger partial charge is 0.0149 e. The van der Waals surface area contributed by atoms with E-state index in [0.717, 1.165) is 5.92 Å². The molecule has 0 bridgehead atoms. The minimum Gasteiger partial charge on any atom is -0.0620 e. The summed E-state index contributed by atoms with van der Waals surface area (Å²) in [5.74, 6) is 1.11. The topological polar surface area (TPSA) is 0 Å². The van der Waals surface area contributed by atoms with E-state index in [1.54, 1.807) is 0 Å². The molecule has 1 aromatic carbocycles. The highest BCUT2D eigenvalue weighted by molar-refractivity contribution is 5.12. The molecule has 75 valence electrons. The lowest BCUT2D eigenvalue weighted by Crippen LogP contribution is -1.86. The number of rotatable bonds is 6. The molecule has 1 radical (unpaired) electrons. The van der Waals surface area contributed by atoms with Crippen molar-refractivity contribution in [3.05, 3.63) is 35.9 Å². The molecule has 0 saturated heterocycles. The molecule has 1 fully saturated rings. The van der Waals surface area contributed by atoms with Crippen LogP contribution in [0.25, 0.3) is 0 Å². The van der Waals surface area contributed by atoms with Crippen molar-refractivity contribution in [2.75, 3.05) is 0 Å². The summed E-state index contributed by atoms with van der Waals surface area (Å²) >= 11 is 0. The molecule has 0 aromatic heterocycles. The third-order valence-corrected chi connectivity index (χ3v) is 3.03. The van der Waals surface area contributed by atoms with E-state index in [-0.39, 0.29) is 0 Å². The zero-order valence-electron chi connectivity index (χ0n) is 8.84. The van der Waals surface area contributed by atoms with E-state index in [9.17, 15) is 0 Å². The Morgan fingerprint density at radius 1 is 1.14 bits per heavy atom. The molecule has 0 amide bonds. The Hall–Kier alpha value is -0.780. The SMILES string of the molecule is [c]1ccccc1CCCCCC1CC1. The van der Waals surface area contributed by atoms with Crippen LogP contribution in [0.5, 0.6) is 0 Å². The summed E-state index contributed by atoms with van der Waals surface area (Å²) in [7, 11) is 0. The first-order valence-electron chi connectivity index (χ1n) is 5.91. The lowest BCUT2D eigenvalue weighted by molar-refractivity contribution is 0.603. The van der Waals surface area contributed by atoms with Crippen molar-refractivity contribution >= 4 is 0 Å². The molecule has 0 atom stereocenters. The van der Waals surface area contributed by atoms with Gasteiger partial charge in [0, 0.05) is 0 Å². The molecule has 0 N–H and O–H groups in total. The van der Waals surface area contributed by atoms with Crippen LogP contribution in [0.1, 0.15) is 44.1 Å². The van der Waals surface area contributed by atoms with Gasteiger partial charge in [-0.3, -0.25) is 0 Å². The van der Waals surface area contributed by atoms with Gasteiger partial charge < -0.3 is 0 Å². The molecule has 14 heavy (non-hydrogen) atoms. The van der Waals surface area contributed by atoms with Gasteiger partial charge in [-0.15, -0.1) is 0 Å². The Labute approximate surface area is 87.3 Å². The van der Waals surface area contributed by atoms with E-state index >= 15 is 0 Å². The standard InChI is InChI=1S/C14H19/c1-3-7-13(8-4-1)9-5-2-6-10-14-11-12-14/h1,3-4,7,14H,2,5-6,9-12H2. The summed E-state index contributed by atoms with van der Waals surface area (Å²) in [6.07, 6.45) is 9.90. The molecule has 0 heterocycles. The molecule has 0 nitrogen and oxygen atoms in total. The third-order valence-electron chi connectivity index (χ3n) is 3.03. The first-order chi connectivity index (χ1) is 6.95. The molecular formula is C14H19. The van der Waals surface area contributed by atoms with Crippen LogP contribution in [0.3, 0.4) is 0 Å². The quantitative estimate of drug-likeness (QED) is 0.590. The van der Waals surface area contributed by atoms with E-state index in [1.807, 2.05) is 12.1 Å². The zero-order chi connectivity index (χ0) is 9.64. The monoisotopic (exact) mass is 187 g/mol. The lowest BCUT2D eigenvalue weighted by Gasteiger charge is -2.00. The average molecular weight is 187 g/mol. The van der Waals surface area contributed by atoms with Crippen molar-refractivity contribution in [2.24, 2.45) is 5.92 Å². The van der Waals surface area contributed by atoms with Crippen LogP contribution in [0, 0.1) is 12.0 Å². The second kappa shape index (κ2) is 5.19. The fourth-order valence-corrected chi connectivity index (χ4v) is 1.92. The number of hydrogen-bond acceptors (Lipinski definition) is 0. The first kappa shape index (κ1) is 9.76. The molecular weight excluding hydrogens is 168 g/mol. The van der Waals surface area contributed by atoms with E-state index in [0.29, 0.717) is 0 Å². The number of unbranched alkanes of at least 4 members (excludes halogenated alkanes) is 2. The Bertz CT molecular complexity index is 246. The van der Waals surface area contributed by atoms with Crippen molar-refractivity contribution in [1.82, 2.24) is 0 Å². The zero-order valence-corrected chi connectivity index (χ0v) is 8.84. The van der Waals surface area contributed by atoms with Gasteiger partial charge in [-0.1, -0.05) is 56.4 Å². The summed E-state index contributed by atoms with van der Waals surface area (Å²) in [6, 6.07) is 11.6. The number of hydrogen-bond donors (Lipinski definition) is 0. The predicted octanol–water partition coefficient (Wildman–Crippen LogP) is 4.00. The summed E-state index contributed by atoms with van der Waals surface area (Å²) in [5, 5.41) is 0. The van der Waals surface area contributed by atoms with Crippen molar-refractivity contribution in [3.8, 4) is 0 Å². The number of benzene rings is 1. The summed E-state index contributed by atoms with van der Waals surface area (Å²) < 4.78 is 0. The molecule has 1 aromatic rings. The maximum absolute atomic E-state index is 3.28. The molecule has 0 aliphatic heterocycles. The Balaban J connectivity index is 1.54. The van der Waals surface area contributed by atoms with Gasteiger partial charge in [-0.05, 0) is 30.4 Å². The van der Waals surface area contributed by atoms with Crippen molar-refractivity contribution in [1.29, 1.82) is 0 Å². The summed E-state index contributed by atoms with van der Waals surface area (Å²) in [5.41, 5.74) is 1.37. The highest BCUT2D eigenvalue weighted by atomic mass is 14.3. The second-order valence-electron chi connectivity index (χ2n) is 4.43. The highest BCUT2D eigenvalue weighted by Crippen LogP contribution is 2.34. The molecule has 1 aliphatic rings. The second-order valence-corrected chi connectivity index (χ2v) is 4.43. The maximum atomic E-state index is 3.28. The van der Waals surface area contributed by atoms with Crippen molar-refractivity contribution in [3.63, 3.8) is 0 Å². The average Bonchev–Trinajstić information content (AvgIpc) is 3.03. The fourth-order valence-electron chi connectivity index (χ4n) is 1.92. The van der Waals surface area contributed by atoms with E-state index < -0.39 is 0 Å². The van der Waals surface area contributed by atoms with Gasteiger partial charge in [0.15, 0.2) is 0 Å². The van der Waals surface area contributed by atoms with Gasteiger partial charge in [0.05, 0.1) is 0 Å². The van der Waals surface area contributed by atoms with Crippen LogP contribution >= 0.6 is 0 Å². The molecule has 0 unspecified atom stereocenters. The molecule has 1 saturated carbocycles. The minimum atomic E-state index is 1.11. The Kier molecular flexibility index (Phi) is 3.62. The lowest BCUT2D eigenvalue weighted by atomic mass is 10.1. The van der Waals surface area contributed by atoms with Crippen molar-refractivity contribution in [2.45, 2.75) is 44.9 Å². The third kappa shape index (κ3) is 3.53. The molecule has 0 spiro atoms. The van der Waals surface area contributed by atoms with Crippen LogP contribution in [-0.4, -0.2) is 0 Å².